The maximum atomic E-state index is 12.2. The monoisotopic (exact) mass is 329 g/mol. The van der Waals surface area contributed by atoms with Crippen molar-refractivity contribution in [3.8, 4) is 0 Å². The summed E-state index contributed by atoms with van der Waals surface area (Å²) in [5.41, 5.74) is 3.49. The molecule has 0 aliphatic carbocycles. The summed E-state index contributed by atoms with van der Waals surface area (Å²) in [7, 11) is 0. The Balaban J connectivity index is 1.59. The first-order valence-corrected chi connectivity index (χ1v) is 8.27. The van der Waals surface area contributed by atoms with Gasteiger partial charge >= 0.3 is 0 Å². The first kappa shape index (κ1) is 16.5. The van der Waals surface area contributed by atoms with Gasteiger partial charge in [0, 0.05) is 30.0 Å². The predicted octanol–water partition coefficient (Wildman–Crippen LogP) is 2.43. The van der Waals surface area contributed by atoms with E-state index in [1.54, 1.807) is 0 Å². The van der Waals surface area contributed by atoms with E-state index >= 15 is 0 Å². The summed E-state index contributed by atoms with van der Waals surface area (Å²) < 4.78 is 5.08. The van der Waals surface area contributed by atoms with Crippen LogP contribution in [0.25, 0.3) is 0 Å². The van der Waals surface area contributed by atoms with Crippen molar-refractivity contribution in [3.05, 3.63) is 41.3 Å². The maximum absolute atomic E-state index is 12.2. The van der Waals surface area contributed by atoms with E-state index in [-0.39, 0.29) is 18.4 Å². The van der Waals surface area contributed by atoms with Gasteiger partial charge in [0.25, 0.3) is 0 Å². The zero-order chi connectivity index (χ0) is 17.1. The lowest BCUT2D eigenvalue weighted by Gasteiger charge is -2.31. The number of aliphatic hydroxyl groups is 1. The molecular formula is C18H23N3O3. The van der Waals surface area contributed by atoms with Crippen LogP contribution in [0.2, 0.25) is 0 Å². The third-order valence-electron chi connectivity index (χ3n) is 4.50. The number of aliphatic hydroxyl groups excluding tert-OH is 1. The summed E-state index contributed by atoms with van der Waals surface area (Å²) in [5.74, 6) is 0.600. The number of carbonyl (C=O) groups excluding carboxylic acids is 1. The van der Waals surface area contributed by atoms with E-state index in [0.29, 0.717) is 5.76 Å². The third-order valence-corrected chi connectivity index (χ3v) is 4.50. The van der Waals surface area contributed by atoms with Crippen molar-refractivity contribution in [1.82, 2.24) is 5.16 Å². The van der Waals surface area contributed by atoms with Crippen LogP contribution < -0.4 is 10.2 Å². The van der Waals surface area contributed by atoms with Gasteiger partial charge in [-0.1, -0.05) is 5.16 Å². The molecule has 1 aromatic heterocycles. The maximum Gasteiger partial charge on any atom is 0.228 e. The Hall–Kier alpha value is -2.34. The Kier molecular flexibility index (Phi) is 4.85. The number of hydrogen-bond acceptors (Lipinski definition) is 5. The molecular weight excluding hydrogens is 306 g/mol. The summed E-state index contributed by atoms with van der Waals surface area (Å²) in [4.78, 5) is 14.4. The second-order valence-corrected chi connectivity index (χ2v) is 6.29. The van der Waals surface area contributed by atoms with Gasteiger partial charge in [0.1, 0.15) is 5.76 Å². The van der Waals surface area contributed by atoms with E-state index in [9.17, 15) is 9.90 Å². The number of aryl methyl sites for hydroxylation is 2. The fourth-order valence-electron chi connectivity index (χ4n) is 3.00. The molecule has 1 aliphatic rings. The van der Waals surface area contributed by atoms with Crippen molar-refractivity contribution < 1.29 is 14.4 Å². The molecule has 0 bridgehead atoms. The summed E-state index contributed by atoms with van der Waals surface area (Å²) in [6, 6.07) is 7.82. The first-order chi connectivity index (χ1) is 11.5. The Labute approximate surface area is 141 Å². The molecule has 0 radical (unpaired) electrons. The van der Waals surface area contributed by atoms with Gasteiger partial charge in [-0.25, -0.2) is 0 Å². The van der Waals surface area contributed by atoms with Crippen LogP contribution in [0, 0.1) is 13.8 Å². The van der Waals surface area contributed by atoms with Crippen LogP contribution in [0.15, 0.2) is 28.8 Å². The molecule has 0 saturated carbocycles. The highest BCUT2D eigenvalue weighted by Gasteiger charge is 2.17. The average Bonchev–Trinajstić information content (AvgIpc) is 2.88. The average molecular weight is 329 g/mol. The molecule has 2 aromatic rings. The van der Waals surface area contributed by atoms with Gasteiger partial charge in [-0.05, 0) is 51.0 Å². The molecule has 1 saturated heterocycles. The number of benzene rings is 1. The minimum Gasteiger partial charge on any atom is -0.393 e. The third kappa shape index (κ3) is 3.76. The summed E-state index contributed by atoms with van der Waals surface area (Å²) >= 11 is 0. The number of anilines is 2. The van der Waals surface area contributed by atoms with Gasteiger partial charge in [0.15, 0.2) is 0 Å². The Morgan fingerprint density at radius 1 is 1.29 bits per heavy atom. The van der Waals surface area contributed by atoms with Crippen molar-refractivity contribution in [1.29, 1.82) is 0 Å². The van der Waals surface area contributed by atoms with Crippen molar-refractivity contribution in [2.75, 3.05) is 23.3 Å². The lowest BCUT2D eigenvalue weighted by molar-refractivity contribution is -0.115. The molecule has 0 spiro atoms. The fraction of sp³-hybridized carbons (Fsp3) is 0.444. The Bertz CT molecular complexity index is 681. The number of nitrogens with one attached hydrogen (secondary N) is 1. The number of rotatable bonds is 4. The minimum absolute atomic E-state index is 0.0850. The molecule has 0 atom stereocenters. The van der Waals surface area contributed by atoms with Gasteiger partial charge < -0.3 is 19.8 Å². The highest BCUT2D eigenvalue weighted by molar-refractivity contribution is 5.92. The largest absolute Gasteiger partial charge is 0.393 e. The molecule has 2 N–H and O–H groups in total. The van der Waals surface area contributed by atoms with Crippen molar-refractivity contribution in [2.45, 2.75) is 39.2 Å². The van der Waals surface area contributed by atoms with Crippen LogP contribution in [-0.4, -0.2) is 35.4 Å². The van der Waals surface area contributed by atoms with Crippen LogP contribution in [0.1, 0.15) is 29.9 Å². The van der Waals surface area contributed by atoms with Crippen molar-refractivity contribution in [2.24, 2.45) is 0 Å². The molecule has 128 valence electrons. The van der Waals surface area contributed by atoms with Crippen LogP contribution in [0.3, 0.4) is 0 Å². The highest BCUT2D eigenvalue weighted by Crippen LogP contribution is 2.22. The summed E-state index contributed by atoms with van der Waals surface area (Å²) in [6.07, 6.45) is 1.68. The van der Waals surface area contributed by atoms with E-state index in [0.717, 1.165) is 48.6 Å². The second kappa shape index (κ2) is 7.05. The van der Waals surface area contributed by atoms with Crippen LogP contribution in [-0.2, 0) is 11.2 Å². The van der Waals surface area contributed by atoms with E-state index in [1.165, 1.54) is 0 Å². The molecule has 1 aromatic carbocycles. The fourth-order valence-corrected chi connectivity index (χ4v) is 3.00. The van der Waals surface area contributed by atoms with Crippen molar-refractivity contribution >= 4 is 17.3 Å². The first-order valence-electron chi connectivity index (χ1n) is 8.27. The zero-order valence-electron chi connectivity index (χ0n) is 14.1. The predicted molar refractivity (Wildman–Crippen MR) is 92.2 cm³/mol. The van der Waals surface area contributed by atoms with E-state index < -0.39 is 0 Å². The molecule has 1 aliphatic heterocycles. The molecule has 1 fully saturated rings. The van der Waals surface area contributed by atoms with E-state index in [1.807, 2.05) is 38.1 Å². The zero-order valence-corrected chi connectivity index (χ0v) is 14.1. The lowest BCUT2D eigenvalue weighted by Crippen LogP contribution is -2.35. The molecule has 3 rings (SSSR count). The lowest BCUT2D eigenvalue weighted by atomic mass is 10.1. The normalized spacial score (nSPS) is 15.5. The van der Waals surface area contributed by atoms with Crippen LogP contribution >= 0.6 is 0 Å². The van der Waals surface area contributed by atoms with Gasteiger partial charge in [0.2, 0.25) is 5.91 Å². The van der Waals surface area contributed by atoms with Crippen LogP contribution in [0.5, 0.6) is 0 Å². The summed E-state index contributed by atoms with van der Waals surface area (Å²) in [6.45, 7) is 5.37. The topological polar surface area (TPSA) is 78.6 Å². The number of hydrogen-bond donors (Lipinski definition) is 2. The SMILES string of the molecule is Cc1noc(C)c1CC(=O)Nc1ccc(N2CCC(O)CC2)cc1. The Morgan fingerprint density at radius 2 is 1.96 bits per heavy atom. The standard InChI is InChI=1S/C18H23N3O3/c1-12-17(13(2)24-20-12)11-18(23)19-14-3-5-15(6-4-14)21-9-7-16(22)8-10-21/h3-6,16,22H,7-11H2,1-2H3,(H,19,23). The van der Waals surface area contributed by atoms with Gasteiger partial charge in [-0.2, -0.15) is 0 Å². The van der Waals surface area contributed by atoms with Crippen molar-refractivity contribution in [3.63, 3.8) is 0 Å². The molecule has 6 nitrogen and oxygen atoms in total. The van der Waals surface area contributed by atoms with Gasteiger partial charge in [-0.15, -0.1) is 0 Å². The number of nitrogens with zero attached hydrogens (tertiary/aromatic N) is 2. The second-order valence-electron chi connectivity index (χ2n) is 6.29. The number of aromatic nitrogens is 1. The molecule has 2 heterocycles. The number of piperidine rings is 1. The summed E-state index contributed by atoms with van der Waals surface area (Å²) in [5, 5.41) is 16.3. The minimum atomic E-state index is -0.177. The smallest absolute Gasteiger partial charge is 0.228 e. The number of amides is 1. The Morgan fingerprint density at radius 3 is 2.54 bits per heavy atom. The van der Waals surface area contributed by atoms with E-state index in [4.69, 9.17) is 4.52 Å². The van der Waals surface area contributed by atoms with Crippen LogP contribution in [0.4, 0.5) is 11.4 Å². The van der Waals surface area contributed by atoms with E-state index in [2.05, 4.69) is 15.4 Å². The quantitative estimate of drug-likeness (QED) is 0.901. The number of carbonyl (C=O) groups is 1. The highest BCUT2D eigenvalue weighted by atomic mass is 16.5. The molecule has 6 heteroatoms. The molecule has 24 heavy (non-hydrogen) atoms. The molecule has 0 unspecified atom stereocenters. The van der Waals surface area contributed by atoms with Gasteiger partial charge in [-0.3, -0.25) is 4.79 Å². The van der Waals surface area contributed by atoms with Gasteiger partial charge in [0.05, 0.1) is 18.2 Å². The molecule has 1 amide bonds.